The zero-order chi connectivity index (χ0) is 12.6. The summed E-state index contributed by atoms with van der Waals surface area (Å²) >= 11 is 12.0. The van der Waals surface area contributed by atoms with Crippen LogP contribution in [0.25, 0.3) is 5.65 Å². The molecule has 2 heterocycles. The van der Waals surface area contributed by atoms with Gasteiger partial charge in [0.1, 0.15) is 15.9 Å². The molecule has 0 radical (unpaired) electrons. The van der Waals surface area contributed by atoms with Crippen LogP contribution in [0.1, 0.15) is 22.8 Å². The average molecular weight is 274 g/mol. The maximum absolute atomic E-state index is 11.6. The second-order valence-electron chi connectivity index (χ2n) is 3.33. The molecule has 0 spiro atoms. The Morgan fingerprint density at radius 3 is 2.88 bits per heavy atom. The van der Waals surface area contributed by atoms with Crippen LogP contribution < -0.4 is 0 Å². The number of carbonyl (C=O) groups excluding carboxylic acids is 1. The van der Waals surface area contributed by atoms with Gasteiger partial charge in [-0.3, -0.25) is 0 Å². The number of nitrogens with zero attached hydrogens (tertiary/aromatic N) is 3. The molecular weight excluding hydrogens is 265 g/mol. The first-order valence-electron chi connectivity index (χ1n) is 4.92. The van der Waals surface area contributed by atoms with Gasteiger partial charge in [0.25, 0.3) is 0 Å². The van der Waals surface area contributed by atoms with Gasteiger partial charge in [-0.1, -0.05) is 23.2 Å². The Labute approximate surface area is 107 Å². The van der Waals surface area contributed by atoms with Gasteiger partial charge in [0, 0.05) is 5.56 Å². The Morgan fingerprint density at radius 2 is 2.24 bits per heavy atom. The highest BCUT2D eigenvalue weighted by atomic mass is 35.5. The number of aromatic nitrogens is 3. The van der Waals surface area contributed by atoms with Gasteiger partial charge in [0.05, 0.1) is 12.8 Å². The van der Waals surface area contributed by atoms with E-state index in [-0.39, 0.29) is 17.3 Å². The topological polar surface area (TPSA) is 56.5 Å². The van der Waals surface area contributed by atoms with Crippen LogP contribution in [0.4, 0.5) is 0 Å². The van der Waals surface area contributed by atoms with Crippen LogP contribution in [0.5, 0.6) is 0 Å². The van der Waals surface area contributed by atoms with E-state index in [1.54, 1.807) is 13.8 Å². The lowest BCUT2D eigenvalue weighted by Gasteiger charge is -2.04. The summed E-state index contributed by atoms with van der Waals surface area (Å²) in [5.41, 5.74) is 1.15. The van der Waals surface area contributed by atoms with E-state index in [1.165, 1.54) is 10.7 Å². The van der Waals surface area contributed by atoms with Crippen molar-refractivity contribution in [1.82, 2.24) is 14.6 Å². The molecule has 90 valence electrons. The first kappa shape index (κ1) is 12.1. The van der Waals surface area contributed by atoms with Crippen molar-refractivity contribution < 1.29 is 9.53 Å². The molecule has 0 bridgehead atoms. The van der Waals surface area contributed by atoms with E-state index in [0.717, 1.165) is 0 Å². The normalized spacial score (nSPS) is 10.8. The maximum atomic E-state index is 11.6. The Hall–Kier alpha value is -1.33. The molecular formula is C10H9Cl2N3O2. The number of fused-ring (bicyclic) bond motifs is 1. The summed E-state index contributed by atoms with van der Waals surface area (Å²) in [7, 11) is 0. The second-order valence-corrected chi connectivity index (χ2v) is 4.05. The molecule has 0 saturated carbocycles. The maximum Gasteiger partial charge on any atom is 0.343 e. The second kappa shape index (κ2) is 4.50. The number of halogens is 2. The minimum absolute atomic E-state index is 0.244. The van der Waals surface area contributed by atoms with Crippen LogP contribution in [-0.4, -0.2) is 27.2 Å². The molecule has 0 aliphatic heterocycles. The van der Waals surface area contributed by atoms with Crippen LogP contribution in [-0.2, 0) is 4.74 Å². The summed E-state index contributed by atoms with van der Waals surface area (Å²) in [6.45, 7) is 3.73. The molecule has 0 aliphatic carbocycles. The number of hydrogen-bond acceptors (Lipinski definition) is 4. The highest BCUT2D eigenvalue weighted by Gasteiger charge is 2.18. The van der Waals surface area contributed by atoms with E-state index >= 15 is 0 Å². The average Bonchev–Trinajstić information content (AvgIpc) is 2.70. The summed E-state index contributed by atoms with van der Waals surface area (Å²) in [6, 6.07) is 0. The lowest BCUT2D eigenvalue weighted by atomic mass is 10.3. The van der Waals surface area contributed by atoms with Gasteiger partial charge in [-0.15, -0.1) is 0 Å². The predicted octanol–water partition coefficient (Wildman–Crippen LogP) is 2.52. The first-order valence-corrected chi connectivity index (χ1v) is 5.68. The molecule has 2 aromatic rings. The molecule has 2 aromatic heterocycles. The molecule has 17 heavy (non-hydrogen) atoms. The summed E-state index contributed by atoms with van der Waals surface area (Å²) in [5, 5.41) is 4.56. The molecule has 2 rings (SSSR count). The third kappa shape index (κ3) is 1.96. The molecule has 0 atom stereocenters. The highest BCUT2D eigenvalue weighted by Crippen LogP contribution is 2.24. The van der Waals surface area contributed by atoms with Gasteiger partial charge < -0.3 is 4.74 Å². The summed E-state index contributed by atoms with van der Waals surface area (Å²) < 4.78 is 6.24. The fraction of sp³-hybridized carbons (Fsp3) is 0.300. The Balaban J connectivity index is 2.65. The smallest absolute Gasteiger partial charge is 0.343 e. The molecule has 5 nitrogen and oxygen atoms in total. The minimum Gasteiger partial charge on any atom is -0.462 e. The van der Waals surface area contributed by atoms with Crippen molar-refractivity contribution in [2.75, 3.05) is 6.61 Å². The number of carbonyl (C=O) groups is 1. The van der Waals surface area contributed by atoms with Crippen molar-refractivity contribution in [2.24, 2.45) is 0 Å². The predicted molar refractivity (Wildman–Crippen MR) is 63.7 cm³/mol. The zero-order valence-electron chi connectivity index (χ0n) is 9.20. The Morgan fingerprint density at radius 1 is 1.53 bits per heavy atom. The van der Waals surface area contributed by atoms with Crippen LogP contribution in [0, 0.1) is 6.92 Å². The fourth-order valence-electron chi connectivity index (χ4n) is 1.37. The van der Waals surface area contributed by atoms with E-state index in [2.05, 4.69) is 10.1 Å². The van der Waals surface area contributed by atoms with E-state index in [9.17, 15) is 4.79 Å². The molecule has 0 aliphatic rings. The Kier molecular flexibility index (Phi) is 3.22. The van der Waals surface area contributed by atoms with E-state index in [4.69, 9.17) is 27.9 Å². The molecule has 0 amide bonds. The van der Waals surface area contributed by atoms with Gasteiger partial charge in [-0.05, 0) is 13.8 Å². The third-order valence-electron chi connectivity index (χ3n) is 2.25. The molecule has 0 saturated heterocycles. The standard InChI is InChI=1S/C10H9Cl2N3O2/c1-3-17-10(16)6-4-13-15-8(12)5(2)7(11)14-9(6)15/h4H,3H2,1-2H3. The van der Waals surface area contributed by atoms with Gasteiger partial charge in [0.15, 0.2) is 5.65 Å². The molecule has 0 unspecified atom stereocenters. The monoisotopic (exact) mass is 273 g/mol. The summed E-state index contributed by atoms with van der Waals surface area (Å²) in [4.78, 5) is 15.7. The largest absolute Gasteiger partial charge is 0.462 e. The van der Waals surface area contributed by atoms with Crippen molar-refractivity contribution in [2.45, 2.75) is 13.8 Å². The van der Waals surface area contributed by atoms with Gasteiger partial charge in [-0.25, -0.2) is 14.3 Å². The van der Waals surface area contributed by atoms with E-state index < -0.39 is 5.97 Å². The van der Waals surface area contributed by atoms with Crippen LogP contribution >= 0.6 is 23.2 Å². The first-order chi connectivity index (χ1) is 8.06. The molecule has 0 aromatic carbocycles. The SMILES string of the molecule is CCOC(=O)c1cnn2c(Cl)c(C)c(Cl)nc12. The minimum atomic E-state index is -0.494. The van der Waals surface area contributed by atoms with Crippen molar-refractivity contribution >= 4 is 34.8 Å². The summed E-state index contributed by atoms with van der Waals surface area (Å²) in [6.07, 6.45) is 1.36. The van der Waals surface area contributed by atoms with Gasteiger partial charge >= 0.3 is 5.97 Å². The van der Waals surface area contributed by atoms with Crippen molar-refractivity contribution in [3.05, 3.63) is 27.6 Å². The van der Waals surface area contributed by atoms with Gasteiger partial charge in [0.2, 0.25) is 0 Å². The fourth-order valence-corrected chi connectivity index (χ4v) is 1.80. The van der Waals surface area contributed by atoms with E-state index in [0.29, 0.717) is 16.4 Å². The van der Waals surface area contributed by atoms with Gasteiger partial charge in [-0.2, -0.15) is 5.10 Å². The van der Waals surface area contributed by atoms with Crippen molar-refractivity contribution in [3.63, 3.8) is 0 Å². The zero-order valence-corrected chi connectivity index (χ0v) is 10.7. The number of hydrogen-bond donors (Lipinski definition) is 0. The number of esters is 1. The quantitative estimate of drug-likeness (QED) is 0.623. The Bertz CT molecular complexity index is 595. The molecule has 0 fully saturated rings. The number of rotatable bonds is 2. The summed E-state index contributed by atoms with van der Waals surface area (Å²) in [5.74, 6) is -0.494. The van der Waals surface area contributed by atoms with Crippen molar-refractivity contribution in [1.29, 1.82) is 0 Å². The van der Waals surface area contributed by atoms with Crippen LogP contribution in [0.15, 0.2) is 6.20 Å². The highest BCUT2D eigenvalue weighted by molar-refractivity contribution is 6.34. The third-order valence-corrected chi connectivity index (χ3v) is 3.06. The number of ether oxygens (including phenoxy) is 1. The molecule has 7 heteroatoms. The van der Waals surface area contributed by atoms with Crippen molar-refractivity contribution in [3.8, 4) is 0 Å². The van der Waals surface area contributed by atoms with Crippen LogP contribution in [0.3, 0.4) is 0 Å². The van der Waals surface area contributed by atoms with E-state index in [1.807, 2.05) is 0 Å². The van der Waals surface area contributed by atoms with Crippen LogP contribution in [0.2, 0.25) is 10.3 Å². The lowest BCUT2D eigenvalue weighted by Crippen LogP contribution is -2.05. The molecule has 0 N–H and O–H groups in total. The lowest BCUT2D eigenvalue weighted by molar-refractivity contribution is 0.0528.